The number of aromatic nitrogens is 1. The lowest BCUT2D eigenvalue weighted by Gasteiger charge is -2.10. The smallest absolute Gasteiger partial charge is 0.172 e. The van der Waals surface area contributed by atoms with Crippen LogP contribution < -0.4 is 0 Å². The van der Waals surface area contributed by atoms with Crippen molar-refractivity contribution in [1.29, 1.82) is 0 Å². The van der Waals surface area contributed by atoms with E-state index in [0.29, 0.717) is 0 Å². The van der Waals surface area contributed by atoms with E-state index in [-0.39, 0.29) is 0 Å². The Bertz CT molecular complexity index is 298. The van der Waals surface area contributed by atoms with Gasteiger partial charge >= 0.3 is 0 Å². The van der Waals surface area contributed by atoms with Gasteiger partial charge in [0, 0.05) is 11.9 Å². The molecule has 3 heteroatoms. The number of hydrogen-bond donors (Lipinski definition) is 0. The lowest BCUT2D eigenvalue weighted by molar-refractivity contribution is 1.28. The van der Waals surface area contributed by atoms with Crippen LogP contribution in [0.1, 0.15) is 12.6 Å². The Morgan fingerprint density at radius 3 is 2.46 bits per heavy atom. The maximum Gasteiger partial charge on any atom is 0.172 e. The standard InChI is InChI=1S/C10H16N2Si/c1-9(12-13(2,3)4)10-7-5-6-8-11-10/h5-8H,1-4H3. The molecule has 70 valence electrons. The van der Waals surface area contributed by atoms with Crippen LogP contribution in [0, 0.1) is 0 Å². The molecule has 0 saturated carbocycles. The van der Waals surface area contributed by atoms with Crippen LogP contribution in [0.15, 0.2) is 29.1 Å². The number of hydrogen-bond acceptors (Lipinski definition) is 2. The van der Waals surface area contributed by atoms with Crippen LogP contribution in [0.5, 0.6) is 0 Å². The van der Waals surface area contributed by atoms with E-state index in [0.717, 1.165) is 11.4 Å². The molecular weight excluding hydrogens is 176 g/mol. The summed E-state index contributed by atoms with van der Waals surface area (Å²) in [6.45, 7) is 8.69. The molecule has 0 bridgehead atoms. The molecule has 0 aromatic carbocycles. The molecule has 0 saturated heterocycles. The number of nitrogens with zero attached hydrogens (tertiary/aromatic N) is 2. The van der Waals surface area contributed by atoms with E-state index in [2.05, 4.69) is 29.3 Å². The molecule has 1 aromatic rings. The van der Waals surface area contributed by atoms with Crippen molar-refractivity contribution in [3.8, 4) is 0 Å². The summed E-state index contributed by atoms with van der Waals surface area (Å²) >= 11 is 0. The average molecular weight is 192 g/mol. The summed E-state index contributed by atoms with van der Waals surface area (Å²) in [5, 5.41) is 0. The van der Waals surface area contributed by atoms with Crippen LogP contribution in [0.4, 0.5) is 0 Å². The third kappa shape index (κ3) is 3.50. The second-order valence-electron chi connectivity index (χ2n) is 4.08. The van der Waals surface area contributed by atoms with E-state index in [1.807, 2.05) is 25.1 Å². The molecule has 1 aromatic heterocycles. The number of rotatable bonds is 2. The molecule has 0 aliphatic rings. The Kier molecular flexibility index (Phi) is 2.98. The third-order valence-corrected chi connectivity index (χ3v) is 2.54. The lowest BCUT2D eigenvalue weighted by atomic mass is 10.3. The van der Waals surface area contributed by atoms with Crippen molar-refractivity contribution in [3.05, 3.63) is 30.1 Å². The first-order chi connectivity index (χ1) is 5.99. The fourth-order valence-corrected chi connectivity index (χ4v) is 2.26. The molecule has 13 heavy (non-hydrogen) atoms. The Hall–Kier alpha value is -0.963. The highest BCUT2D eigenvalue weighted by molar-refractivity contribution is 6.75. The van der Waals surface area contributed by atoms with Crippen LogP contribution in [0.3, 0.4) is 0 Å². The minimum Gasteiger partial charge on any atom is -0.324 e. The first kappa shape index (κ1) is 10.1. The Labute approximate surface area is 80.8 Å². The zero-order chi connectivity index (χ0) is 9.90. The van der Waals surface area contributed by atoms with Crippen LogP contribution in [0.2, 0.25) is 19.6 Å². The topological polar surface area (TPSA) is 25.2 Å². The van der Waals surface area contributed by atoms with E-state index >= 15 is 0 Å². The average Bonchev–Trinajstić information content (AvgIpc) is 2.03. The normalized spacial score (nSPS) is 13.1. The van der Waals surface area contributed by atoms with Gasteiger partial charge in [-0.05, 0) is 38.7 Å². The number of pyridine rings is 1. The molecule has 0 atom stereocenters. The zero-order valence-electron chi connectivity index (χ0n) is 8.70. The maximum absolute atomic E-state index is 4.67. The molecule has 0 unspecified atom stereocenters. The highest BCUT2D eigenvalue weighted by atomic mass is 28.3. The van der Waals surface area contributed by atoms with E-state index in [1.54, 1.807) is 6.20 Å². The third-order valence-electron chi connectivity index (χ3n) is 1.54. The SMILES string of the molecule is CC(=N[Si](C)(C)C)c1ccccn1. The summed E-state index contributed by atoms with van der Waals surface area (Å²) in [4.78, 5) is 4.25. The second kappa shape index (κ2) is 3.83. The van der Waals surface area contributed by atoms with Crippen LogP contribution >= 0.6 is 0 Å². The molecule has 0 aliphatic carbocycles. The van der Waals surface area contributed by atoms with Gasteiger partial charge in [0.2, 0.25) is 0 Å². The summed E-state index contributed by atoms with van der Waals surface area (Å²) < 4.78 is 4.67. The van der Waals surface area contributed by atoms with E-state index in [1.165, 1.54) is 0 Å². The van der Waals surface area contributed by atoms with Gasteiger partial charge < -0.3 is 4.66 Å². The molecule has 1 rings (SSSR count). The van der Waals surface area contributed by atoms with Crippen molar-refractivity contribution in [2.24, 2.45) is 4.66 Å². The predicted octanol–water partition coefficient (Wildman–Crippen LogP) is 2.73. The van der Waals surface area contributed by atoms with Gasteiger partial charge in [-0.25, -0.2) is 0 Å². The van der Waals surface area contributed by atoms with Gasteiger partial charge in [0.1, 0.15) is 0 Å². The summed E-state index contributed by atoms with van der Waals surface area (Å²) in [5.41, 5.74) is 2.05. The largest absolute Gasteiger partial charge is 0.324 e. The molecule has 2 nitrogen and oxygen atoms in total. The van der Waals surface area contributed by atoms with Crippen molar-refractivity contribution < 1.29 is 0 Å². The Morgan fingerprint density at radius 1 is 1.31 bits per heavy atom. The predicted molar refractivity (Wildman–Crippen MR) is 59.8 cm³/mol. The van der Waals surface area contributed by atoms with Gasteiger partial charge in [0.05, 0.1) is 5.69 Å². The first-order valence-corrected chi connectivity index (χ1v) is 7.91. The molecular formula is C10H16N2Si. The molecule has 0 N–H and O–H groups in total. The van der Waals surface area contributed by atoms with Crippen LogP contribution in [-0.4, -0.2) is 18.9 Å². The van der Waals surface area contributed by atoms with Crippen LogP contribution in [-0.2, 0) is 0 Å². The fourth-order valence-electron chi connectivity index (χ4n) is 1.14. The van der Waals surface area contributed by atoms with Crippen molar-refractivity contribution in [3.63, 3.8) is 0 Å². The quantitative estimate of drug-likeness (QED) is 0.522. The molecule has 0 spiro atoms. The monoisotopic (exact) mass is 192 g/mol. The first-order valence-electron chi connectivity index (χ1n) is 4.47. The van der Waals surface area contributed by atoms with E-state index in [4.69, 9.17) is 0 Å². The minimum absolute atomic E-state index is 0.991. The van der Waals surface area contributed by atoms with E-state index in [9.17, 15) is 0 Å². The van der Waals surface area contributed by atoms with Gasteiger partial charge in [-0.1, -0.05) is 6.07 Å². The van der Waals surface area contributed by atoms with Gasteiger partial charge in [0.25, 0.3) is 0 Å². The van der Waals surface area contributed by atoms with Gasteiger partial charge in [-0.15, -0.1) is 0 Å². The van der Waals surface area contributed by atoms with Crippen LogP contribution in [0.25, 0.3) is 0 Å². The van der Waals surface area contributed by atoms with Gasteiger partial charge in [-0.3, -0.25) is 4.98 Å². The maximum atomic E-state index is 4.67. The summed E-state index contributed by atoms with van der Waals surface area (Å²) in [5.74, 6) is 0. The Morgan fingerprint density at radius 2 is 2.00 bits per heavy atom. The summed E-state index contributed by atoms with van der Waals surface area (Å²) in [7, 11) is -1.36. The van der Waals surface area contributed by atoms with Gasteiger partial charge in [-0.2, -0.15) is 0 Å². The fraction of sp³-hybridized carbons (Fsp3) is 0.400. The second-order valence-corrected chi connectivity index (χ2v) is 8.65. The molecule has 1 heterocycles. The lowest BCUT2D eigenvalue weighted by Crippen LogP contribution is -2.19. The molecule has 0 aliphatic heterocycles. The summed E-state index contributed by atoms with van der Waals surface area (Å²) in [6, 6.07) is 5.91. The van der Waals surface area contributed by atoms with Crippen molar-refractivity contribution in [1.82, 2.24) is 4.98 Å². The van der Waals surface area contributed by atoms with Gasteiger partial charge in [0.15, 0.2) is 8.24 Å². The minimum atomic E-state index is -1.36. The molecule has 0 radical (unpaired) electrons. The molecule has 0 fully saturated rings. The van der Waals surface area contributed by atoms with E-state index < -0.39 is 8.24 Å². The highest BCUT2D eigenvalue weighted by Gasteiger charge is 2.12. The Balaban J connectivity index is 2.92. The highest BCUT2D eigenvalue weighted by Crippen LogP contribution is 2.05. The van der Waals surface area contributed by atoms with Crippen molar-refractivity contribution in [2.45, 2.75) is 26.6 Å². The zero-order valence-corrected chi connectivity index (χ0v) is 9.70. The molecule has 0 amide bonds. The summed E-state index contributed by atoms with van der Waals surface area (Å²) in [6.07, 6.45) is 1.80. The van der Waals surface area contributed by atoms with Crippen molar-refractivity contribution in [2.75, 3.05) is 0 Å². The van der Waals surface area contributed by atoms with Crippen molar-refractivity contribution >= 4 is 13.9 Å².